The normalized spacial score (nSPS) is 10.4. The maximum atomic E-state index is 11.9. The Morgan fingerprint density at radius 3 is 2.50 bits per heavy atom. The average Bonchev–Trinajstić information content (AvgIpc) is 2.46. The lowest BCUT2D eigenvalue weighted by Crippen LogP contribution is -2.21. The Morgan fingerprint density at radius 2 is 1.91 bits per heavy atom. The van der Waals surface area contributed by atoms with Gasteiger partial charge in [-0.3, -0.25) is 4.79 Å². The van der Waals surface area contributed by atoms with Crippen molar-refractivity contribution in [2.24, 2.45) is 0 Å². The third kappa shape index (κ3) is 4.21. The molecule has 0 aliphatic carbocycles. The van der Waals surface area contributed by atoms with Gasteiger partial charge in [0.25, 0.3) is 5.91 Å². The number of amides is 1. The monoisotopic (exact) mass is 382 g/mol. The zero-order valence-corrected chi connectivity index (χ0v) is 14.9. The van der Waals surface area contributed by atoms with E-state index in [1.165, 1.54) is 0 Å². The SMILES string of the molecule is Cc1cc(OCC(=O)Nc2ccc(Br)c(C)n2)cc(C)c1Cl. The van der Waals surface area contributed by atoms with Gasteiger partial charge in [0.05, 0.1) is 5.69 Å². The molecule has 0 aliphatic heterocycles. The summed E-state index contributed by atoms with van der Waals surface area (Å²) in [7, 11) is 0. The molecule has 0 saturated carbocycles. The molecule has 6 heteroatoms. The fraction of sp³-hybridized carbons (Fsp3) is 0.250. The van der Waals surface area contributed by atoms with Crippen molar-refractivity contribution in [3.63, 3.8) is 0 Å². The second kappa shape index (κ2) is 7.11. The number of hydrogen-bond donors (Lipinski definition) is 1. The summed E-state index contributed by atoms with van der Waals surface area (Å²) in [6.07, 6.45) is 0. The molecule has 0 spiro atoms. The summed E-state index contributed by atoms with van der Waals surface area (Å²) in [6.45, 7) is 5.57. The molecule has 0 saturated heterocycles. The Morgan fingerprint density at radius 1 is 1.27 bits per heavy atom. The largest absolute Gasteiger partial charge is 0.484 e. The highest BCUT2D eigenvalue weighted by molar-refractivity contribution is 9.10. The maximum absolute atomic E-state index is 11.9. The molecule has 0 bridgehead atoms. The lowest BCUT2D eigenvalue weighted by atomic mass is 10.1. The number of nitrogens with zero attached hydrogens (tertiary/aromatic N) is 1. The van der Waals surface area contributed by atoms with E-state index in [2.05, 4.69) is 26.2 Å². The predicted octanol–water partition coefficient (Wildman–Crippen LogP) is 4.44. The molecule has 2 rings (SSSR count). The fourth-order valence-electron chi connectivity index (χ4n) is 1.93. The number of rotatable bonds is 4. The van der Waals surface area contributed by atoms with Gasteiger partial charge in [-0.05, 0) is 72.1 Å². The number of aryl methyl sites for hydroxylation is 3. The number of carbonyl (C=O) groups excluding carboxylic acids is 1. The number of pyridine rings is 1. The van der Waals surface area contributed by atoms with Crippen LogP contribution in [-0.4, -0.2) is 17.5 Å². The van der Waals surface area contributed by atoms with E-state index in [0.717, 1.165) is 21.3 Å². The minimum Gasteiger partial charge on any atom is -0.484 e. The van der Waals surface area contributed by atoms with Crippen LogP contribution in [-0.2, 0) is 4.79 Å². The molecule has 4 nitrogen and oxygen atoms in total. The molecule has 0 atom stereocenters. The summed E-state index contributed by atoms with van der Waals surface area (Å²) in [5.41, 5.74) is 2.65. The molecular weight excluding hydrogens is 368 g/mol. The first kappa shape index (κ1) is 16.8. The fourth-order valence-corrected chi connectivity index (χ4v) is 2.26. The Balaban J connectivity index is 1.96. The molecule has 0 aliphatic rings. The number of benzene rings is 1. The summed E-state index contributed by atoms with van der Waals surface area (Å²) >= 11 is 9.47. The van der Waals surface area contributed by atoms with Crippen LogP contribution in [0.25, 0.3) is 0 Å². The minimum atomic E-state index is -0.264. The number of nitrogens with one attached hydrogen (secondary N) is 1. The van der Waals surface area contributed by atoms with E-state index in [1.54, 1.807) is 6.07 Å². The van der Waals surface area contributed by atoms with E-state index in [9.17, 15) is 4.79 Å². The van der Waals surface area contributed by atoms with E-state index in [-0.39, 0.29) is 12.5 Å². The summed E-state index contributed by atoms with van der Waals surface area (Å²) in [6, 6.07) is 7.19. The third-order valence-electron chi connectivity index (χ3n) is 3.07. The van der Waals surface area contributed by atoms with Gasteiger partial charge in [-0.2, -0.15) is 0 Å². The van der Waals surface area contributed by atoms with Crippen molar-refractivity contribution >= 4 is 39.3 Å². The number of halogens is 2. The van der Waals surface area contributed by atoms with Crippen LogP contribution in [0.2, 0.25) is 5.02 Å². The van der Waals surface area contributed by atoms with Crippen molar-refractivity contribution in [2.45, 2.75) is 20.8 Å². The van der Waals surface area contributed by atoms with Gasteiger partial charge in [0.1, 0.15) is 11.6 Å². The van der Waals surface area contributed by atoms with Crippen LogP contribution < -0.4 is 10.1 Å². The molecule has 1 aromatic carbocycles. The maximum Gasteiger partial charge on any atom is 0.263 e. The molecule has 22 heavy (non-hydrogen) atoms. The van der Waals surface area contributed by atoms with Crippen molar-refractivity contribution in [3.05, 3.63) is 50.6 Å². The van der Waals surface area contributed by atoms with E-state index >= 15 is 0 Å². The Bertz CT molecular complexity index is 696. The summed E-state index contributed by atoms with van der Waals surface area (Å²) < 4.78 is 6.40. The summed E-state index contributed by atoms with van der Waals surface area (Å²) in [5, 5.41) is 3.41. The van der Waals surface area contributed by atoms with Gasteiger partial charge in [0.15, 0.2) is 6.61 Å². The van der Waals surface area contributed by atoms with Crippen LogP contribution >= 0.6 is 27.5 Å². The number of ether oxygens (including phenoxy) is 1. The highest BCUT2D eigenvalue weighted by atomic mass is 79.9. The Labute approximate surface area is 143 Å². The Kier molecular flexibility index (Phi) is 5.42. The van der Waals surface area contributed by atoms with Crippen molar-refractivity contribution in [1.29, 1.82) is 0 Å². The first-order chi connectivity index (χ1) is 10.4. The molecule has 2 aromatic rings. The summed E-state index contributed by atoms with van der Waals surface area (Å²) in [5.74, 6) is 0.853. The first-order valence-corrected chi connectivity index (χ1v) is 7.86. The molecule has 1 heterocycles. The number of aromatic nitrogens is 1. The van der Waals surface area contributed by atoms with Gasteiger partial charge >= 0.3 is 0 Å². The zero-order chi connectivity index (χ0) is 16.3. The number of anilines is 1. The highest BCUT2D eigenvalue weighted by Crippen LogP contribution is 2.25. The average molecular weight is 384 g/mol. The zero-order valence-electron chi connectivity index (χ0n) is 12.5. The quantitative estimate of drug-likeness (QED) is 0.849. The lowest BCUT2D eigenvalue weighted by Gasteiger charge is -2.10. The van der Waals surface area contributed by atoms with Crippen LogP contribution in [0, 0.1) is 20.8 Å². The third-order valence-corrected chi connectivity index (χ3v) is 4.50. The topological polar surface area (TPSA) is 51.2 Å². The van der Waals surface area contributed by atoms with Gasteiger partial charge in [0, 0.05) is 9.50 Å². The first-order valence-electron chi connectivity index (χ1n) is 6.69. The molecule has 0 fully saturated rings. The van der Waals surface area contributed by atoms with Crippen LogP contribution in [0.5, 0.6) is 5.75 Å². The molecule has 1 N–H and O–H groups in total. The molecule has 116 valence electrons. The highest BCUT2D eigenvalue weighted by Gasteiger charge is 2.08. The summed E-state index contributed by atoms with van der Waals surface area (Å²) in [4.78, 5) is 16.2. The van der Waals surface area contributed by atoms with Crippen molar-refractivity contribution < 1.29 is 9.53 Å². The number of carbonyl (C=O) groups is 1. The van der Waals surface area contributed by atoms with Gasteiger partial charge < -0.3 is 10.1 Å². The second-order valence-electron chi connectivity index (χ2n) is 4.97. The molecule has 1 aromatic heterocycles. The van der Waals surface area contributed by atoms with Gasteiger partial charge in [0.2, 0.25) is 0 Å². The van der Waals surface area contributed by atoms with Gasteiger partial charge in [-0.25, -0.2) is 4.98 Å². The van der Waals surface area contributed by atoms with Crippen LogP contribution in [0.3, 0.4) is 0 Å². The Hall–Kier alpha value is -1.59. The van der Waals surface area contributed by atoms with Crippen LogP contribution in [0.4, 0.5) is 5.82 Å². The minimum absolute atomic E-state index is 0.0860. The second-order valence-corrected chi connectivity index (χ2v) is 6.20. The smallest absolute Gasteiger partial charge is 0.263 e. The standard InChI is InChI=1S/C16H16BrClN2O2/c1-9-6-12(7-10(2)16(9)18)22-8-15(21)20-14-5-4-13(17)11(3)19-14/h4-7H,8H2,1-3H3,(H,19,20,21). The van der Waals surface area contributed by atoms with Gasteiger partial charge in [-0.1, -0.05) is 11.6 Å². The van der Waals surface area contributed by atoms with E-state index < -0.39 is 0 Å². The van der Waals surface area contributed by atoms with Gasteiger partial charge in [-0.15, -0.1) is 0 Å². The van der Waals surface area contributed by atoms with E-state index in [1.807, 2.05) is 39.0 Å². The van der Waals surface area contributed by atoms with E-state index in [4.69, 9.17) is 16.3 Å². The van der Waals surface area contributed by atoms with Crippen LogP contribution in [0.1, 0.15) is 16.8 Å². The molecular formula is C16H16BrClN2O2. The molecule has 0 radical (unpaired) electrons. The van der Waals surface area contributed by atoms with Crippen molar-refractivity contribution in [3.8, 4) is 5.75 Å². The van der Waals surface area contributed by atoms with E-state index in [0.29, 0.717) is 16.6 Å². The van der Waals surface area contributed by atoms with Crippen molar-refractivity contribution in [2.75, 3.05) is 11.9 Å². The predicted molar refractivity (Wildman–Crippen MR) is 91.7 cm³/mol. The van der Waals surface area contributed by atoms with Crippen molar-refractivity contribution in [1.82, 2.24) is 4.98 Å². The van der Waals surface area contributed by atoms with Crippen LogP contribution in [0.15, 0.2) is 28.7 Å². The molecule has 0 unspecified atom stereocenters. The number of hydrogen-bond acceptors (Lipinski definition) is 3. The molecule has 1 amide bonds. The lowest BCUT2D eigenvalue weighted by molar-refractivity contribution is -0.118.